The highest BCUT2D eigenvalue weighted by Gasteiger charge is 2.50. The first-order valence-corrected chi connectivity index (χ1v) is 5.29. The molecule has 1 aromatic rings. The molecule has 0 aromatic heterocycles. The SMILES string of the molecule is Nc1cc(CC2(C(=O)O)CC2)c(Cl)cc1F. The Morgan fingerprint density at radius 1 is 1.56 bits per heavy atom. The van der Waals surface area contributed by atoms with Crippen LogP contribution < -0.4 is 5.73 Å². The van der Waals surface area contributed by atoms with E-state index in [1.54, 1.807) is 0 Å². The van der Waals surface area contributed by atoms with Crippen molar-refractivity contribution in [3.63, 3.8) is 0 Å². The Bertz CT molecular complexity index is 458. The first kappa shape index (κ1) is 11.2. The predicted octanol–water partition coefficient (Wildman–Crippen LogP) is 2.47. The van der Waals surface area contributed by atoms with Gasteiger partial charge < -0.3 is 10.8 Å². The van der Waals surface area contributed by atoms with E-state index in [9.17, 15) is 9.18 Å². The fourth-order valence-electron chi connectivity index (χ4n) is 1.73. The summed E-state index contributed by atoms with van der Waals surface area (Å²) in [6.07, 6.45) is 1.58. The molecule has 2 rings (SSSR count). The summed E-state index contributed by atoms with van der Waals surface area (Å²) in [5.74, 6) is -1.40. The first-order chi connectivity index (χ1) is 7.44. The minimum atomic E-state index is -0.827. The monoisotopic (exact) mass is 243 g/mol. The average Bonchev–Trinajstić information content (AvgIpc) is 2.95. The lowest BCUT2D eigenvalue weighted by molar-refractivity contribution is -0.143. The molecule has 3 N–H and O–H groups in total. The number of rotatable bonds is 3. The molecule has 86 valence electrons. The van der Waals surface area contributed by atoms with E-state index in [1.807, 2.05) is 0 Å². The molecular weight excluding hydrogens is 233 g/mol. The van der Waals surface area contributed by atoms with Crippen molar-refractivity contribution in [1.82, 2.24) is 0 Å². The molecule has 1 aliphatic carbocycles. The van der Waals surface area contributed by atoms with Crippen LogP contribution in [0.1, 0.15) is 18.4 Å². The predicted molar refractivity (Wildman–Crippen MR) is 58.8 cm³/mol. The maximum Gasteiger partial charge on any atom is 0.309 e. The lowest BCUT2D eigenvalue weighted by Gasteiger charge is -2.12. The van der Waals surface area contributed by atoms with Crippen LogP contribution >= 0.6 is 11.6 Å². The molecule has 0 spiro atoms. The van der Waals surface area contributed by atoms with Gasteiger partial charge in [0, 0.05) is 5.02 Å². The molecule has 0 radical (unpaired) electrons. The molecule has 1 fully saturated rings. The number of carbonyl (C=O) groups is 1. The van der Waals surface area contributed by atoms with Gasteiger partial charge in [-0.2, -0.15) is 0 Å². The quantitative estimate of drug-likeness (QED) is 0.802. The number of carboxylic acid groups (broad SMARTS) is 1. The van der Waals surface area contributed by atoms with E-state index in [-0.39, 0.29) is 10.7 Å². The lowest BCUT2D eigenvalue weighted by atomic mass is 9.96. The molecule has 3 nitrogen and oxygen atoms in total. The van der Waals surface area contributed by atoms with E-state index in [1.165, 1.54) is 6.07 Å². The van der Waals surface area contributed by atoms with Gasteiger partial charge >= 0.3 is 5.97 Å². The molecule has 16 heavy (non-hydrogen) atoms. The summed E-state index contributed by atoms with van der Waals surface area (Å²) in [5, 5.41) is 9.27. The summed E-state index contributed by atoms with van der Waals surface area (Å²) in [4.78, 5) is 11.0. The van der Waals surface area contributed by atoms with Crippen molar-refractivity contribution in [2.45, 2.75) is 19.3 Å². The minimum Gasteiger partial charge on any atom is -0.481 e. The van der Waals surface area contributed by atoms with Crippen molar-refractivity contribution in [2.75, 3.05) is 5.73 Å². The zero-order valence-electron chi connectivity index (χ0n) is 8.46. The smallest absolute Gasteiger partial charge is 0.309 e. The standard InChI is InChI=1S/C11H11ClFNO2/c12-7-4-8(13)9(14)3-6(7)5-11(1-2-11)10(15)16/h3-4H,1-2,5,14H2,(H,15,16). The third kappa shape index (κ3) is 1.85. The Kier molecular flexibility index (Phi) is 2.54. The fourth-order valence-corrected chi connectivity index (χ4v) is 1.95. The molecule has 0 atom stereocenters. The number of carboxylic acids is 1. The van der Waals surface area contributed by atoms with Gasteiger partial charge in [0.2, 0.25) is 0 Å². The van der Waals surface area contributed by atoms with Crippen LogP contribution in [0.3, 0.4) is 0 Å². The Hall–Kier alpha value is -1.29. The zero-order chi connectivity index (χ0) is 11.9. The second kappa shape index (κ2) is 3.63. The highest BCUT2D eigenvalue weighted by Crippen LogP contribution is 2.49. The number of anilines is 1. The summed E-state index contributed by atoms with van der Waals surface area (Å²) in [6.45, 7) is 0. The summed E-state index contributed by atoms with van der Waals surface area (Å²) in [7, 11) is 0. The second-order valence-electron chi connectivity index (χ2n) is 4.23. The zero-order valence-corrected chi connectivity index (χ0v) is 9.22. The van der Waals surface area contributed by atoms with E-state index in [4.69, 9.17) is 22.4 Å². The molecule has 5 heteroatoms. The van der Waals surface area contributed by atoms with Gasteiger partial charge in [0.25, 0.3) is 0 Å². The van der Waals surface area contributed by atoms with Crippen molar-refractivity contribution in [2.24, 2.45) is 5.41 Å². The highest BCUT2D eigenvalue weighted by molar-refractivity contribution is 6.31. The molecular formula is C11H11ClFNO2. The molecule has 0 saturated heterocycles. The van der Waals surface area contributed by atoms with Crippen LogP contribution in [0.2, 0.25) is 5.02 Å². The van der Waals surface area contributed by atoms with Crippen LogP contribution in [0.15, 0.2) is 12.1 Å². The van der Waals surface area contributed by atoms with E-state index in [0.717, 1.165) is 6.07 Å². The van der Waals surface area contributed by atoms with E-state index < -0.39 is 17.2 Å². The van der Waals surface area contributed by atoms with Crippen LogP contribution in [-0.2, 0) is 11.2 Å². The van der Waals surface area contributed by atoms with E-state index in [2.05, 4.69) is 0 Å². The van der Waals surface area contributed by atoms with Gasteiger partial charge in [-0.15, -0.1) is 0 Å². The van der Waals surface area contributed by atoms with Gasteiger partial charge in [0.1, 0.15) is 5.82 Å². The van der Waals surface area contributed by atoms with Gasteiger partial charge in [-0.3, -0.25) is 4.79 Å². The molecule has 0 amide bonds. The Labute approximate surface area is 97.0 Å². The maximum absolute atomic E-state index is 13.0. The minimum absolute atomic E-state index is 0.000545. The molecule has 0 unspecified atom stereocenters. The molecule has 1 saturated carbocycles. The molecule has 0 bridgehead atoms. The highest BCUT2D eigenvalue weighted by atomic mass is 35.5. The van der Waals surface area contributed by atoms with Crippen molar-refractivity contribution in [3.8, 4) is 0 Å². The number of nitrogen functional groups attached to an aromatic ring is 1. The van der Waals surface area contributed by atoms with Crippen molar-refractivity contribution < 1.29 is 14.3 Å². The van der Waals surface area contributed by atoms with E-state index >= 15 is 0 Å². The topological polar surface area (TPSA) is 63.3 Å². The summed E-state index contributed by atoms with van der Waals surface area (Å²) < 4.78 is 13.0. The normalized spacial score (nSPS) is 17.1. The Morgan fingerprint density at radius 3 is 2.69 bits per heavy atom. The number of hydrogen-bond donors (Lipinski definition) is 2. The Balaban J connectivity index is 2.29. The summed E-state index contributed by atoms with van der Waals surface area (Å²) >= 11 is 5.85. The Morgan fingerprint density at radius 2 is 2.19 bits per heavy atom. The third-order valence-electron chi connectivity index (χ3n) is 3.00. The van der Waals surface area contributed by atoms with Crippen LogP contribution in [0.5, 0.6) is 0 Å². The molecule has 1 aliphatic rings. The molecule has 0 heterocycles. The first-order valence-electron chi connectivity index (χ1n) is 4.91. The largest absolute Gasteiger partial charge is 0.481 e. The maximum atomic E-state index is 13.0. The second-order valence-corrected chi connectivity index (χ2v) is 4.63. The van der Waals surface area contributed by atoms with Crippen molar-refractivity contribution in [1.29, 1.82) is 0 Å². The number of nitrogens with two attached hydrogens (primary N) is 1. The number of aliphatic carboxylic acids is 1. The number of hydrogen-bond acceptors (Lipinski definition) is 2. The van der Waals surface area contributed by atoms with Crippen LogP contribution in [0, 0.1) is 11.2 Å². The lowest BCUT2D eigenvalue weighted by Crippen LogP contribution is -2.18. The van der Waals surface area contributed by atoms with Crippen LogP contribution in [-0.4, -0.2) is 11.1 Å². The fraction of sp³-hybridized carbons (Fsp3) is 0.364. The van der Waals surface area contributed by atoms with Crippen LogP contribution in [0.4, 0.5) is 10.1 Å². The van der Waals surface area contributed by atoms with Crippen LogP contribution in [0.25, 0.3) is 0 Å². The average molecular weight is 244 g/mol. The summed E-state index contributed by atoms with van der Waals surface area (Å²) in [6, 6.07) is 2.55. The van der Waals surface area contributed by atoms with Gasteiger partial charge in [0.15, 0.2) is 0 Å². The molecule has 0 aliphatic heterocycles. The van der Waals surface area contributed by atoms with E-state index in [0.29, 0.717) is 24.8 Å². The summed E-state index contributed by atoms with van der Waals surface area (Å²) in [5.41, 5.74) is 5.31. The number of halogens is 2. The van der Waals surface area contributed by atoms with Crippen molar-refractivity contribution in [3.05, 3.63) is 28.5 Å². The number of benzene rings is 1. The van der Waals surface area contributed by atoms with Gasteiger partial charge in [0.05, 0.1) is 11.1 Å². The van der Waals surface area contributed by atoms with Gasteiger partial charge in [-0.05, 0) is 37.0 Å². The molecule has 1 aromatic carbocycles. The van der Waals surface area contributed by atoms with Gasteiger partial charge in [-0.25, -0.2) is 4.39 Å². The van der Waals surface area contributed by atoms with Gasteiger partial charge in [-0.1, -0.05) is 11.6 Å². The third-order valence-corrected chi connectivity index (χ3v) is 3.35. The van der Waals surface area contributed by atoms with Crippen molar-refractivity contribution >= 4 is 23.3 Å².